The number of hydrogen-bond donors (Lipinski definition) is 1. The second-order valence-corrected chi connectivity index (χ2v) is 7.26. The Kier molecular flexibility index (Phi) is 5.32. The lowest BCUT2D eigenvalue weighted by atomic mass is 10.2. The van der Waals surface area contributed by atoms with Crippen LogP contribution >= 0.6 is 0 Å². The summed E-state index contributed by atoms with van der Waals surface area (Å²) < 4.78 is 27.0. The van der Waals surface area contributed by atoms with Crippen LogP contribution in [0.25, 0.3) is 0 Å². The van der Waals surface area contributed by atoms with Crippen LogP contribution in [0.3, 0.4) is 0 Å². The second-order valence-electron chi connectivity index (χ2n) is 5.55. The third-order valence-electron chi connectivity index (χ3n) is 3.72. The molecule has 1 atom stereocenters. The molecule has 1 aromatic carbocycles. The highest BCUT2D eigenvalue weighted by molar-refractivity contribution is 7.89. The van der Waals surface area contributed by atoms with Crippen molar-refractivity contribution in [2.24, 2.45) is 0 Å². The van der Waals surface area contributed by atoms with Gasteiger partial charge in [0.25, 0.3) is 5.69 Å². The fraction of sp³-hybridized carbons (Fsp3) is 0.500. The van der Waals surface area contributed by atoms with E-state index >= 15 is 0 Å². The van der Waals surface area contributed by atoms with Crippen LogP contribution in [-0.2, 0) is 14.8 Å². The van der Waals surface area contributed by atoms with Gasteiger partial charge in [-0.05, 0) is 31.9 Å². The van der Waals surface area contributed by atoms with Crippen molar-refractivity contribution >= 4 is 21.6 Å². The molecule has 1 unspecified atom stereocenters. The Labute approximate surface area is 134 Å². The minimum Gasteiger partial charge on any atom is -0.343 e. The maximum atomic E-state index is 12.2. The molecule has 0 saturated carbocycles. The molecule has 1 saturated heterocycles. The molecule has 1 heterocycles. The predicted octanol–water partition coefficient (Wildman–Crippen LogP) is 1.27. The fourth-order valence-electron chi connectivity index (χ4n) is 2.43. The minimum absolute atomic E-state index is 0.0211. The van der Waals surface area contributed by atoms with Gasteiger partial charge in [-0.3, -0.25) is 14.9 Å². The summed E-state index contributed by atoms with van der Waals surface area (Å²) in [6.07, 6.45) is 1.92. The first-order valence-corrected chi connectivity index (χ1v) is 8.82. The van der Waals surface area contributed by atoms with E-state index in [2.05, 4.69) is 4.72 Å². The zero-order chi connectivity index (χ0) is 17.0. The Morgan fingerprint density at radius 1 is 1.35 bits per heavy atom. The summed E-state index contributed by atoms with van der Waals surface area (Å²) in [5.74, 6) is 0.107. The smallest absolute Gasteiger partial charge is 0.269 e. The molecule has 1 N–H and O–H groups in total. The van der Waals surface area contributed by atoms with Crippen LogP contribution in [-0.4, -0.2) is 43.3 Å². The second kappa shape index (κ2) is 7.05. The summed E-state index contributed by atoms with van der Waals surface area (Å²) in [4.78, 5) is 23.2. The van der Waals surface area contributed by atoms with E-state index < -0.39 is 14.9 Å². The van der Waals surface area contributed by atoms with Gasteiger partial charge in [-0.1, -0.05) is 0 Å². The fourth-order valence-corrected chi connectivity index (χ4v) is 3.71. The van der Waals surface area contributed by atoms with Crippen LogP contribution in [0.5, 0.6) is 0 Å². The lowest BCUT2D eigenvalue weighted by Crippen LogP contribution is -2.36. The topological polar surface area (TPSA) is 110 Å². The summed E-state index contributed by atoms with van der Waals surface area (Å²) in [5.41, 5.74) is -0.162. The van der Waals surface area contributed by atoms with Gasteiger partial charge in [0, 0.05) is 37.7 Å². The van der Waals surface area contributed by atoms with Crippen LogP contribution in [0, 0.1) is 10.1 Å². The monoisotopic (exact) mass is 341 g/mol. The third-order valence-corrected chi connectivity index (χ3v) is 5.32. The van der Waals surface area contributed by atoms with Gasteiger partial charge in [0.05, 0.1) is 9.82 Å². The molecule has 1 aromatic rings. The van der Waals surface area contributed by atoms with E-state index in [0.29, 0.717) is 19.4 Å². The number of non-ortho nitro benzene ring substituents is 1. The summed E-state index contributed by atoms with van der Waals surface area (Å²) in [6, 6.07) is 4.38. The number of carbonyl (C=O) groups excluding carboxylic acids is 1. The van der Waals surface area contributed by atoms with Crippen molar-refractivity contribution in [3.05, 3.63) is 34.4 Å². The molecule has 9 heteroatoms. The maximum absolute atomic E-state index is 12.2. The SMILES string of the molecule is CC(CCN1CCCC1=O)NS(=O)(=O)c1ccc([N+](=O)[O-])cc1. The molecule has 0 radical (unpaired) electrons. The average Bonchev–Trinajstić information content (AvgIpc) is 2.90. The van der Waals surface area contributed by atoms with Crippen molar-refractivity contribution in [3.8, 4) is 0 Å². The van der Waals surface area contributed by atoms with Gasteiger partial charge in [-0.25, -0.2) is 13.1 Å². The van der Waals surface area contributed by atoms with E-state index in [0.717, 1.165) is 25.1 Å². The van der Waals surface area contributed by atoms with Crippen molar-refractivity contribution in [3.63, 3.8) is 0 Å². The van der Waals surface area contributed by atoms with Gasteiger partial charge in [0.2, 0.25) is 15.9 Å². The first-order valence-electron chi connectivity index (χ1n) is 7.34. The number of rotatable bonds is 7. The van der Waals surface area contributed by atoms with Gasteiger partial charge in [-0.2, -0.15) is 0 Å². The first-order chi connectivity index (χ1) is 10.8. The molecule has 0 aliphatic carbocycles. The molecule has 0 aromatic heterocycles. The Balaban J connectivity index is 1.94. The zero-order valence-corrected chi connectivity index (χ0v) is 13.6. The summed E-state index contributed by atoms with van der Waals surface area (Å²) >= 11 is 0. The van der Waals surface area contributed by atoms with Crippen molar-refractivity contribution in [1.29, 1.82) is 0 Å². The molecular weight excluding hydrogens is 322 g/mol. The largest absolute Gasteiger partial charge is 0.343 e. The molecule has 126 valence electrons. The highest BCUT2D eigenvalue weighted by atomic mass is 32.2. The molecule has 0 bridgehead atoms. The van der Waals surface area contributed by atoms with Crippen molar-refractivity contribution in [2.45, 2.75) is 37.1 Å². The van der Waals surface area contributed by atoms with Gasteiger partial charge >= 0.3 is 0 Å². The molecule has 1 aliphatic heterocycles. The van der Waals surface area contributed by atoms with Crippen LogP contribution in [0.4, 0.5) is 5.69 Å². The number of nitro benzene ring substituents is 1. The van der Waals surface area contributed by atoms with E-state index in [1.807, 2.05) is 0 Å². The summed E-state index contributed by atoms with van der Waals surface area (Å²) in [6.45, 7) is 2.97. The highest BCUT2D eigenvalue weighted by Gasteiger charge is 2.22. The molecular formula is C14H19N3O5S. The van der Waals surface area contributed by atoms with Gasteiger partial charge in [-0.15, -0.1) is 0 Å². The Hall–Kier alpha value is -2.00. The molecule has 1 amide bonds. The number of likely N-dealkylation sites (tertiary alicyclic amines) is 1. The average molecular weight is 341 g/mol. The lowest BCUT2D eigenvalue weighted by Gasteiger charge is -2.19. The molecule has 1 fully saturated rings. The van der Waals surface area contributed by atoms with Gasteiger partial charge < -0.3 is 4.90 Å². The zero-order valence-electron chi connectivity index (χ0n) is 12.8. The number of hydrogen-bond acceptors (Lipinski definition) is 5. The minimum atomic E-state index is -3.74. The van der Waals surface area contributed by atoms with Gasteiger partial charge in [0.1, 0.15) is 0 Å². The maximum Gasteiger partial charge on any atom is 0.269 e. The molecule has 2 rings (SSSR count). The third kappa shape index (κ3) is 4.49. The number of nitro groups is 1. The standard InChI is InChI=1S/C14H19N3O5S/c1-11(8-10-16-9-2-3-14(16)18)15-23(21,22)13-6-4-12(5-7-13)17(19)20/h4-7,11,15H,2-3,8-10H2,1H3. The van der Waals surface area contributed by atoms with Crippen LogP contribution in [0.1, 0.15) is 26.2 Å². The predicted molar refractivity (Wildman–Crippen MR) is 83.3 cm³/mol. The number of nitrogens with one attached hydrogen (secondary N) is 1. The number of carbonyl (C=O) groups is 1. The van der Waals surface area contributed by atoms with E-state index in [4.69, 9.17) is 0 Å². The number of nitrogens with zero attached hydrogens (tertiary/aromatic N) is 2. The van der Waals surface area contributed by atoms with E-state index in [9.17, 15) is 23.3 Å². The Bertz CT molecular complexity index is 687. The highest BCUT2D eigenvalue weighted by Crippen LogP contribution is 2.16. The molecule has 8 nitrogen and oxygen atoms in total. The van der Waals surface area contributed by atoms with E-state index in [-0.39, 0.29) is 22.5 Å². The first kappa shape index (κ1) is 17.4. The quantitative estimate of drug-likeness (QED) is 0.593. The summed E-state index contributed by atoms with van der Waals surface area (Å²) in [5, 5.41) is 10.6. The Morgan fingerprint density at radius 2 is 2.00 bits per heavy atom. The van der Waals surface area contributed by atoms with Crippen LogP contribution in [0.15, 0.2) is 29.2 Å². The summed E-state index contributed by atoms with van der Waals surface area (Å²) in [7, 11) is -3.74. The Morgan fingerprint density at radius 3 is 2.52 bits per heavy atom. The van der Waals surface area contributed by atoms with Crippen molar-refractivity contribution in [1.82, 2.24) is 9.62 Å². The van der Waals surface area contributed by atoms with Crippen LogP contribution in [0.2, 0.25) is 0 Å². The number of benzene rings is 1. The molecule has 0 spiro atoms. The molecule has 23 heavy (non-hydrogen) atoms. The van der Waals surface area contributed by atoms with Crippen LogP contribution < -0.4 is 4.72 Å². The van der Waals surface area contributed by atoms with E-state index in [1.165, 1.54) is 12.1 Å². The molecule has 1 aliphatic rings. The normalized spacial score (nSPS) is 16.6. The number of sulfonamides is 1. The van der Waals surface area contributed by atoms with Crippen molar-refractivity contribution < 1.29 is 18.1 Å². The van der Waals surface area contributed by atoms with Crippen molar-refractivity contribution in [2.75, 3.05) is 13.1 Å². The number of amides is 1. The lowest BCUT2D eigenvalue weighted by molar-refractivity contribution is -0.384. The van der Waals surface area contributed by atoms with Gasteiger partial charge in [0.15, 0.2) is 0 Å². The van der Waals surface area contributed by atoms with E-state index in [1.54, 1.807) is 11.8 Å².